The van der Waals surface area contributed by atoms with Crippen LogP contribution in [0.15, 0.2) is 0 Å². The van der Waals surface area contributed by atoms with Crippen LogP contribution in [-0.2, 0) is 4.79 Å². The summed E-state index contributed by atoms with van der Waals surface area (Å²) in [6.45, 7) is -1.50. The highest BCUT2D eigenvalue weighted by Gasteiger charge is 2.21. The summed E-state index contributed by atoms with van der Waals surface area (Å²) in [5.74, 6) is 0. The average molecular weight is 152 g/mol. The Hall–Kier alpha value is -0.710. The first kappa shape index (κ1) is 9.29. The van der Waals surface area contributed by atoms with Crippen LogP contribution in [0.2, 0.25) is 0 Å². The third kappa shape index (κ3) is 2.26. The molecule has 5 heteroatoms. The molecule has 0 rings (SSSR count). The second kappa shape index (κ2) is 4.16. The molecule has 1 amide bonds. The molecule has 0 heterocycles. The maximum atomic E-state index is 11.6. The number of aliphatic hydroxyl groups is 1. The van der Waals surface area contributed by atoms with Crippen molar-refractivity contribution in [3.63, 3.8) is 0 Å². The van der Waals surface area contributed by atoms with Crippen molar-refractivity contribution < 1.29 is 18.7 Å². The normalized spacial score (nSPS) is 13.3. The fourth-order valence-electron chi connectivity index (χ4n) is 0.427. The third-order valence-electron chi connectivity index (χ3n) is 1.00. The lowest BCUT2D eigenvalue weighted by Gasteiger charge is -2.19. The lowest BCUT2D eigenvalue weighted by molar-refractivity contribution is -0.0770. The van der Waals surface area contributed by atoms with Crippen LogP contribution in [0.3, 0.4) is 0 Å². The number of hydrogen-bond acceptors (Lipinski definition) is 2. The quantitative estimate of drug-likeness (QED) is 0.357. The summed E-state index contributed by atoms with van der Waals surface area (Å²) < 4.78 is 23.3. The highest BCUT2D eigenvalue weighted by molar-refractivity contribution is 5.48. The van der Waals surface area contributed by atoms with Crippen molar-refractivity contribution in [2.45, 2.75) is 26.1 Å². The molecule has 0 aliphatic rings. The van der Waals surface area contributed by atoms with Gasteiger partial charge >= 0.3 is 13.0 Å². The predicted molar refractivity (Wildman–Crippen MR) is 29.8 cm³/mol. The highest BCUT2D eigenvalue weighted by atomic mass is 19.3. The Balaban J connectivity index is 3.92. The van der Waals surface area contributed by atoms with E-state index in [1.807, 2.05) is 0 Å². The van der Waals surface area contributed by atoms with E-state index in [9.17, 15) is 13.6 Å². The van der Waals surface area contributed by atoms with Gasteiger partial charge in [0.05, 0.1) is 0 Å². The van der Waals surface area contributed by atoms with Crippen LogP contribution in [0.25, 0.3) is 0 Å². The Labute approximate surface area is 57.2 Å². The molecule has 0 bridgehead atoms. The molecular weight excluding hydrogens is 144 g/mol. The largest absolute Gasteiger partial charge is 0.373 e. The molecule has 1 unspecified atom stereocenters. The standard InChI is InChI=1S/C5H8F2NO2/c1-2-4(10)8(3-9)5(6)7/h4-5,10H,2H2,1H3. The van der Waals surface area contributed by atoms with Crippen LogP contribution in [0.5, 0.6) is 0 Å². The van der Waals surface area contributed by atoms with Crippen molar-refractivity contribution in [2.24, 2.45) is 0 Å². The van der Waals surface area contributed by atoms with Gasteiger partial charge in [0.1, 0.15) is 6.23 Å². The lowest BCUT2D eigenvalue weighted by Crippen LogP contribution is -2.37. The fraction of sp³-hybridized carbons (Fsp3) is 0.800. The number of carbonyl (C=O) groups excluding carboxylic acids is 1. The minimum absolute atomic E-state index is 0.0690. The van der Waals surface area contributed by atoms with Crippen molar-refractivity contribution in [3.8, 4) is 0 Å². The third-order valence-corrected chi connectivity index (χ3v) is 1.00. The SMILES string of the molecule is CCC(O)N([C]=O)C(F)F. The van der Waals surface area contributed by atoms with Crippen molar-refractivity contribution >= 4 is 6.41 Å². The van der Waals surface area contributed by atoms with Gasteiger partial charge in [-0.3, -0.25) is 9.69 Å². The van der Waals surface area contributed by atoms with Gasteiger partial charge in [-0.15, -0.1) is 0 Å². The summed E-state index contributed by atoms with van der Waals surface area (Å²) >= 11 is 0. The number of aliphatic hydroxyl groups excluding tert-OH is 1. The molecule has 1 atom stereocenters. The summed E-state index contributed by atoms with van der Waals surface area (Å²) in [5.41, 5.74) is 0. The molecule has 0 saturated carbocycles. The molecular formula is C5H8F2NO2. The molecule has 0 fully saturated rings. The maximum Gasteiger partial charge on any atom is 0.319 e. The molecule has 10 heavy (non-hydrogen) atoms. The predicted octanol–water partition coefficient (Wildman–Crippen LogP) is 0.307. The van der Waals surface area contributed by atoms with E-state index in [1.54, 1.807) is 0 Å². The molecule has 59 valence electrons. The first-order valence-electron chi connectivity index (χ1n) is 2.75. The number of nitrogens with zero attached hydrogens (tertiary/aromatic N) is 1. The van der Waals surface area contributed by atoms with Gasteiger partial charge in [-0.05, 0) is 6.42 Å². The molecule has 0 aromatic heterocycles. The lowest BCUT2D eigenvalue weighted by atomic mass is 10.4. The van der Waals surface area contributed by atoms with Crippen molar-refractivity contribution in [1.29, 1.82) is 0 Å². The van der Waals surface area contributed by atoms with E-state index in [0.717, 1.165) is 6.41 Å². The van der Waals surface area contributed by atoms with E-state index in [-0.39, 0.29) is 11.3 Å². The molecule has 0 aromatic carbocycles. The van der Waals surface area contributed by atoms with Gasteiger partial charge < -0.3 is 5.11 Å². The zero-order valence-electron chi connectivity index (χ0n) is 5.42. The molecule has 1 N–H and O–H groups in total. The first-order valence-corrected chi connectivity index (χ1v) is 2.75. The summed E-state index contributed by atoms with van der Waals surface area (Å²) in [4.78, 5) is 9.64. The zero-order chi connectivity index (χ0) is 8.15. The van der Waals surface area contributed by atoms with Gasteiger partial charge in [0.25, 0.3) is 0 Å². The number of alkyl halides is 2. The van der Waals surface area contributed by atoms with E-state index in [2.05, 4.69) is 0 Å². The number of rotatable bonds is 4. The monoisotopic (exact) mass is 152 g/mol. The van der Waals surface area contributed by atoms with Crippen molar-refractivity contribution in [2.75, 3.05) is 0 Å². The minimum atomic E-state index is -2.98. The van der Waals surface area contributed by atoms with Gasteiger partial charge in [0.15, 0.2) is 0 Å². The van der Waals surface area contributed by atoms with E-state index in [4.69, 9.17) is 5.11 Å². The maximum absolute atomic E-state index is 11.6. The minimum Gasteiger partial charge on any atom is -0.373 e. The number of hydrogen-bond donors (Lipinski definition) is 1. The van der Waals surface area contributed by atoms with Gasteiger partial charge in [-0.25, -0.2) is 0 Å². The van der Waals surface area contributed by atoms with Crippen LogP contribution >= 0.6 is 0 Å². The number of amides is 1. The zero-order valence-corrected chi connectivity index (χ0v) is 5.42. The molecule has 0 aliphatic carbocycles. The van der Waals surface area contributed by atoms with Crippen LogP contribution in [0.4, 0.5) is 8.78 Å². The van der Waals surface area contributed by atoms with Crippen LogP contribution in [0.1, 0.15) is 13.3 Å². The summed E-state index contributed by atoms with van der Waals surface area (Å²) in [7, 11) is 0. The molecule has 3 nitrogen and oxygen atoms in total. The fourth-order valence-corrected chi connectivity index (χ4v) is 0.427. The van der Waals surface area contributed by atoms with Crippen LogP contribution in [0, 0.1) is 0 Å². The molecule has 0 aliphatic heterocycles. The first-order chi connectivity index (χ1) is 4.63. The smallest absolute Gasteiger partial charge is 0.319 e. The van der Waals surface area contributed by atoms with Gasteiger partial charge in [-0.2, -0.15) is 8.78 Å². The Morgan fingerprint density at radius 1 is 1.70 bits per heavy atom. The molecule has 0 spiro atoms. The van der Waals surface area contributed by atoms with Crippen molar-refractivity contribution in [3.05, 3.63) is 0 Å². The molecule has 1 radical (unpaired) electrons. The van der Waals surface area contributed by atoms with E-state index in [1.165, 1.54) is 6.92 Å². The van der Waals surface area contributed by atoms with E-state index in [0.29, 0.717) is 0 Å². The van der Waals surface area contributed by atoms with Crippen LogP contribution < -0.4 is 0 Å². The summed E-state index contributed by atoms with van der Waals surface area (Å²) in [6, 6.07) is 0. The Bertz CT molecular complexity index is 110. The second-order valence-electron chi connectivity index (χ2n) is 1.67. The van der Waals surface area contributed by atoms with Gasteiger partial charge in [0.2, 0.25) is 0 Å². The Kier molecular flexibility index (Phi) is 3.87. The Morgan fingerprint density at radius 3 is 2.30 bits per heavy atom. The number of halogens is 2. The van der Waals surface area contributed by atoms with Crippen molar-refractivity contribution in [1.82, 2.24) is 4.90 Å². The van der Waals surface area contributed by atoms with Gasteiger partial charge in [-0.1, -0.05) is 6.92 Å². The van der Waals surface area contributed by atoms with Crippen LogP contribution in [-0.4, -0.2) is 29.2 Å². The average Bonchev–Trinajstić information content (AvgIpc) is 1.88. The molecule has 0 aromatic rings. The van der Waals surface area contributed by atoms with E-state index < -0.39 is 12.8 Å². The van der Waals surface area contributed by atoms with E-state index >= 15 is 0 Å². The van der Waals surface area contributed by atoms with Gasteiger partial charge in [0, 0.05) is 0 Å². The second-order valence-corrected chi connectivity index (χ2v) is 1.67. The summed E-state index contributed by atoms with van der Waals surface area (Å²) in [6.07, 6.45) is -0.428. The molecule has 0 saturated heterocycles. The summed E-state index contributed by atoms with van der Waals surface area (Å²) in [5, 5.41) is 8.67. The Morgan fingerprint density at radius 2 is 2.20 bits per heavy atom. The highest BCUT2D eigenvalue weighted by Crippen LogP contribution is 2.05. The topological polar surface area (TPSA) is 40.5 Å².